The number of ketones is 1. The molecule has 0 fully saturated rings. The first kappa shape index (κ1) is 24.1. The molecule has 27 heavy (non-hydrogen) atoms. The molecule has 1 heterocycles. The summed E-state index contributed by atoms with van der Waals surface area (Å²) in [6.45, 7) is 3.99. The molecule has 2 rings (SSSR count). The van der Waals surface area contributed by atoms with Gasteiger partial charge in [-0.2, -0.15) is 0 Å². The predicted octanol–water partition coefficient (Wildman–Crippen LogP) is 5.37. The number of halogens is 2. The standard InChI is InChI=1S/C21H28ClNO2S.ClH/c1-3-21(23,14-24)12-11-19-17(22)13-20(26-19)18(25)6-4-5-16-9-7-15(2)8-10-16;/h7-10,13,24H,3-6,11-12,14,23H2,1-2H3;1H/t21-;/m1./s1. The van der Waals surface area contributed by atoms with Crippen molar-refractivity contribution >= 4 is 41.1 Å². The maximum Gasteiger partial charge on any atom is 0.172 e. The molecule has 0 aliphatic heterocycles. The van der Waals surface area contributed by atoms with Crippen LogP contribution >= 0.6 is 35.3 Å². The van der Waals surface area contributed by atoms with Gasteiger partial charge in [0.15, 0.2) is 5.78 Å². The summed E-state index contributed by atoms with van der Waals surface area (Å²) in [5, 5.41) is 10.1. The maximum atomic E-state index is 12.5. The first-order chi connectivity index (χ1) is 12.4. The van der Waals surface area contributed by atoms with Crippen LogP contribution < -0.4 is 5.73 Å². The molecule has 3 N–H and O–H groups in total. The van der Waals surface area contributed by atoms with Crippen LogP contribution in [0.1, 0.15) is 58.3 Å². The highest BCUT2D eigenvalue weighted by Crippen LogP contribution is 2.31. The van der Waals surface area contributed by atoms with E-state index in [1.807, 2.05) is 6.92 Å². The largest absolute Gasteiger partial charge is 0.394 e. The number of hydrogen-bond acceptors (Lipinski definition) is 4. The average molecular weight is 430 g/mol. The molecule has 6 heteroatoms. The fourth-order valence-electron chi connectivity index (χ4n) is 2.78. The Morgan fingerprint density at radius 3 is 2.52 bits per heavy atom. The number of nitrogens with two attached hydrogens (primary N) is 1. The van der Waals surface area contributed by atoms with Gasteiger partial charge in [-0.05, 0) is 50.7 Å². The van der Waals surface area contributed by atoms with Crippen molar-refractivity contribution < 1.29 is 9.90 Å². The van der Waals surface area contributed by atoms with Gasteiger partial charge in [0.25, 0.3) is 0 Å². The summed E-state index contributed by atoms with van der Waals surface area (Å²) in [6.07, 6.45) is 4.31. The van der Waals surface area contributed by atoms with Gasteiger partial charge in [0.05, 0.1) is 16.5 Å². The summed E-state index contributed by atoms with van der Waals surface area (Å²) in [4.78, 5) is 14.2. The maximum absolute atomic E-state index is 12.5. The number of aryl methyl sites for hydroxylation is 3. The summed E-state index contributed by atoms with van der Waals surface area (Å²) >= 11 is 7.76. The Kier molecular flexibility index (Phi) is 9.99. The SMILES string of the molecule is CC[C@](N)(CO)CCc1sc(C(=O)CCCc2ccc(C)cc2)cc1Cl.Cl. The third-order valence-corrected chi connectivity index (χ3v) is 6.58. The molecule has 0 aliphatic carbocycles. The first-order valence-electron chi connectivity index (χ1n) is 9.13. The highest BCUT2D eigenvalue weighted by molar-refractivity contribution is 7.14. The summed E-state index contributed by atoms with van der Waals surface area (Å²) in [7, 11) is 0. The zero-order valence-corrected chi connectivity index (χ0v) is 18.4. The lowest BCUT2D eigenvalue weighted by Gasteiger charge is -2.25. The Hall–Kier alpha value is -0.910. The number of carbonyl (C=O) groups excluding carboxylic acids is 1. The van der Waals surface area contributed by atoms with Gasteiger partial charge in [-0.15, -0.1) is 23.7 Å². The van der Waals surface area contributed by atoms with E-state index in [-0.39, 0.29) is 24.8 Å². The highest BCUT2D eigenvalue weighted by atomic mass is 35.5. The van der Waals surface area contributed by atoms with E-state index >= 15 is 0 Å². The van der Waals surface area contributed by atoms with E-state index in [1.54, 1.807) is 6.07 Å². The van der Waals surface area contributed by atoms with Gasteiger partial charge in [0.2, 0.25) is 0 Å². The molecule has 0 saturated heterocycles. The molecule has 0 saturated carbocycles. The normalized spacial score (nSPS) is 13.1. The summed E-state index contributed by atoms with van der Waals surface area (Å²) in [5.74, 6) is 0.145. The van der Waals surface area contributed by atoms with Crippen molar-refractivity contribution in [3.63, 3.8) is 0 Å². The van der Waals surface area contributed by atoms with Crippen molar-refractivity contribution in [3.05, 3.63) is 56.2 Å². The lowest BCUT2D eigenvalue weighted by molar-refractivity contribution is 0.0984. The number of carbonyl (C=O) groups is 1. The fraction of sp³-hybridized carbons (Fsp3) is 0.476. The second-order valence-corrected chi connectivity index (χ2v) is 8.56. The molecular weight excluding hydrogens is 401 g/mol. The minimum absolute atomic E-state index is 0. The first-order valence-corrected chi connectivity index (χ1v) is 10.3. The molecule has 0 unspecified atom stereocenters. The van der Waals surface area contributed by atoms with E-state index in [0.29, 0.717) is 30.7 Å². The number of hydrogen-bond donors (Lipinski definition) is 2. The molecule has 2 aromatic rings. The number of Topliss-reactive ketones (excluding diaryl/α,β-unsaturated/α-hetero) is 1. The van der Waals surface area contributed by atoms with Crippen LogP contribution in [0.25, 0.3) is 0 Å². The molecule has 150 valence electrons. The lowest BCUT2D eigenvalue weighted by Crippen LogP contribution is -2.43. The molecule has 3 nitrogen and oxygen atoms in total. The van der Waals surface area contributed by atoms with Gasteiger partial charge >= 0.3 is 0 Å². The van der Waals surface area contributed by atoms with Crippen molar-refractivity contribution in [1.82, 2.24) is 0 Å². The molecule has 0 aliphatic rings. The van der Waals surface area contributed by atoms with Crippen LogP contribution in [0.5, 0.6) is 0 Å². The molecular formula is C21H29Cl2NO2S. The van der Waals surface area contributed by atoms with Gasteiger partial charge in [0, 0.05) is 16.8 Å². The predicted molar refractivity (Wildman–Crippen MR) is 118 cm³/mol. The lowest BCUT2D eigenvalue weighted by atomic mass is 9.92. The minimum atomic E-state index is -0.578. The molecule has 0 spiro atoms. The van der Waals surface area contributed by atoms with Gasteiger partial charge < -0.3 is 10.8 Å². The minimum Gasteiger partial charge on any atom is -0.394 e. The van der Waals surface area contributed by atoms with Crippen LogP contribution in [-0.2, 0) is 12.8 Å². The van der Waals surface area contributed by atoms with Crippen molar-refractivity contribution in [2.75, 3.05) is 6.61 Å². The van der Waals surface area contributed by atoms with E-state index < -0.39 is 5.54 Å². The Morgan fingerprint density at radius 1 is 1.26 bits per heavy atom. The zero-order valence-electron chi connectivity index (χ0n) is 16.0. The van der Waals surface area contributed by atoms with Gasteiger partial charge in [0.1, 0.15) is 0 Å². The van der Waals surface area contributed by atoms with Crippen LogP contribution in [0.2, 0.25) is 5.02 Å². The number of rotatable bonds is 10. The summed E-state index contributed by atoms with van der Waals surface area (Å²) in [5.41, 5.74) is 8.07. The highest BCUT2D eigenvalue weighted by Gasteiger charge is 2.23. The molecule has 0 bridgehead atoms. The molecule has 1 aromatic carbocycles. The Morgan fingerprint density at radius 2 is 1.93 bits per heavy atom. The van der Waals surface area contributed by atoms with Crippen LogP contribution in [0.3, 0.4) is 0 Å². The Bertz CT molecular complexity index is 724. The quantitative estimate of drug-likeness (QED) is 0.498. The Labute approximate surface area is 177 Å². The second kappa shape index (κ2) is 11.2. The monoisotopic (exact) mass is 429 g/mol. The van der Waals surface area contributed by atoms with E-state index in [1.165, 1.54) is 22.5 Å². The van der Waals surface area contributed by atoms with E-state index in [2.05, 4.69) is 31.2 Å². The van der Waals surface area contributed by atoms with Crippen LogP contribution in [0, 0.1) is 6.92 Å². The third kappa shape index (κ3) is 7.20. The average Bonchev–Trinajstić information content (AvgIpc) is 3.02. The van der Waals surface area contributed by atoms with Crippen molar-refractivity contribution in [1.29, 1.82) is 0 Å². The van der Waals surface area contributed by atoms with Crippen LogP contribution in [-0.4, -0.2) is 23.0 Å². The second-order valence-electron chi connectivity index (χ2n) is 7.02. The van der Waals surface area contributed by atoms with Gasteiger partial charge in [-0.1, -0.05) is 48.4 Å². The van der Waals surface area contributed by atoms with Crippen LogP contribution in [0.4, 0.5) is 0 Å². The third-order valence-electron chi connectivity index (χ3n) is 4.89. The van der Waals surface area contributed by atoms with Gasteiger partial charge in [-0.25, -0.2) is 0 Å². The molecule has 0 radical (unpaired) electrons. The molecule has 1 aromatic heterocycles. The zero-order chi connectivity index (χ0) is 19.2. The van der Waals surface area contributed by atoms with Crippen molar-refractivity contribution in [2.45, 2.75) is 57.9 Å². The smallest absolute Gasteiger partial charge is 0.172 e. The van der Waals surface area contributed by atoms with Gasteiger partial charge in [-0.3, -0.25) is 4.79 Å². The van der Waals surface area contributed by atoms with E-state index in [4.69, 9.17) is 17.3 Å². The summed E-state index contributed by atoms with van der Waals surface area (Å²) in [6, 6.07) is 10.2. The van der Waals surface area contributed by atoms with E-state index in [9.17, 15) is 9.90 Å². The number of aliphatic hydroxyl groups excluding tert-OH is 1. The molecule has 1 atom stereocenters. The summed E-state index contributed by atoms with van der Waals surface area (Å²) < 4.78 is 0. The Balaban J connectivity index is 0.00000364. The van der Waals surface area contributed by atoms with E-state index in [0.717, 1.165) is 22.6 Å². The topological polar surface area (TPSA) is 63.3 Å². The van der Waals surface area contributed by atoms with Crippen molar-refractivity contribution in [2.24, 2.45) is 5.73 Å². The number of thiophene rings is 1. The molecule has 0 amide bonds. The fourth-order valence-corrected chi connectivity index (χ4v) is 4.18. The number of aliphatic hydroxyl groups is 1. The van der Waals surface area contributed by atoms with Crippen molar-refractivity contribution in [3.8, 4) is 0 Å². The number of benzene rings is 1. The van der Waals surface area contributed by atoms with Crippen LogP contribution in [0.15, 0.2) is 30.3 Å².